The Balaban J connectivity index is 1.97. The normalized spacial score (nSPS) is 11.0. The number of aromatic nitrogens is 2. The molecule has 0 aliphatic heterocycles. The number of aryl methyl sites for hydroxylation is 2. The lowest BCUT2D eigenvalue weighted by molar-refractivity contribution is 0.0977. The van der Waals surface area contributed by atoms with Crippen molar-refractivity contribution in [3.05, 3.63) is 65.5 Å². The van der Waals surface area contributed by atoms with Crippen LogP contribution in [0.15, 0.2) is 53.5 Å². The zero-order valence-electron chi connectivity index (χ0n) is 18.6. The maximum absolute atomic E-state index is 12.9. The minimum Gasteiger partial charge on any atom is -0.497 e. The van der Waals surface area contributed by atoms with Crippen LogP contribution in [0.2, 0.25) is 0 Å². The summed E-state index contributed by atoms with van der Waals surface area (Å²) in [6.45, 7) is 3.70. The summed E-state index contributed by atoms with van der Waals surface area (Å²) in [5.41, 5.74) is 2.50. The predicted octanol–water partition coefficient (Wildman–Crippen LogP) is 3.65. The Kier molecular flexibility index (Phi) is 7.22. The highest BCUT2D eigenvalue weighted by Crippen LogP contribution is 2.29. The summed E-state index contributed by atoms with van der Waals surface area (Å²) in [5.74, 6) is 1.77. The van der Waals surface area contributed by atoms with Gasteiger partial charge in [0.25, 0.3) is 11.9 Å². The second kappa shape index (κ2) is 10.3. The van der Waals surface area contributed by atoms with E-state index in [4.69, 9.17) is 14.2 Å². The van der Waals surface area contributed by atoms with Crippen molar-refractivity contribution in [2.24, 2.45) is 4.99 Å². The van der Waals surface area contributed by atoms with Gasteiger partial charge in [-0.3, -0.25) is 10.1 Å². The van der Waals surface area contributed by atoms with Crippen LogP contribution in [0, 0.1) is 13.8 Å². The van der Waals surface area contributed by atoms with Crippen LogP contribution in [0.1, 0.15) is 21.7 Å². The third kappa shape index (κ3) is 5.72. The van der Waals surface area contributed by atoms with Crippen LogP contribution in [-0.4, -0.2) is 43.2 Å². The molecule has 0 aliphatic rings. The van der Waals surface area contributed by atoms with E-state index in [1.807, 2.05) is 19.9 Å². The van der Waals surface area contributed by atoms with E-state index >= 15 is 0 Å². The summed E-state index contributed by atoms with van der Waals surface area (Å²) in [4.78, 5) is 26.0. The zero-order chi connectivity index (χ0) is 23.1. The molecule has 0 atom stereocenters. The Morgan fingerprint density at radius 2 is 1.47 bits per heavy atom. The van der Waals surface area contributed by atoms with Gasteiger partial charge in [0.05, 0.1) is 27.0 Å². The van der Waals surface area contributed by atoms with Crippen molar-refractivity contribution in [1.29, 1.82) is 0 Å². The fraction of sp³-hybridized carbons (Fsp3) is 0.217. The molecule has 1 heterocycles. The largest absolute Gasteiger partial charge is 0.497 e. The van der Waals surface area contributed by atoms with Gasteiger partial charge in [-0.2, -0.15) is 4.99 Å². The second-order valence-electron chi connectivity index (χ2n) is 6.78. The molecule has 1 aromatic heterocycles. The summed E-state index contributed by atoms with van der Waals surface area (Å²) in [7, 11) is 4.68. The summed E-state index contributed by atoms with van der Waals surface area (Å²) in [5, 5.41) is 5.87. The van der Waals surface area contributed by atoms with E-state index in [2.05, 4.69) is 25.6 Å². The number of nitrogens with zero attached hydrogens (tertiary/aromatic N) is 3. The van der Waals surface area contributed by atoms with Gasteiger partial charge in [0.15, 0.2) is 0 Å². The van der Waals surface area contributed by atoms with Crippen LogP contribution < -0.4 is 24.8 Å². The lowest BCUT2D eigenvalue weighted by Gasteiger charge is -2.15. The number of carbonyl (C=O) groups excluding carboxylic acids is 1. The quantitative estimate of drug-likeness (QED) is 0.450. The van der Waals surface area contributed by atoms with Gasteiger partial charge in [0, 0.05) is 23.0 Å². The van der Waals surface area contributed by atoms with Gasteiger partial charge in [-0.1, -0.05) is 0 Å². The fourth-order valence-electron chi connectivity index (χ4n) is 2.91. The Labute approximate surface area is 186 Å². The molecule has 3 aromatic rings. The third-order valence-electron chi connectivity index (χ3n) is 4.43. The number of benzene rings is 2. The van der Waals surface area contributed by atoms with E-state index < -0.39 is 0 Å². The molecule has 166 valence electrons. The van der Waals surface area contributed by atoms with E-state index in [1.54, 1.807) is 63.8 Å². The molecule has 0 radical (unpaired) electrons. The highest BCUT2D eigenvalue weighted by molar-refractivity contribution is 6.10. The predicted molar refractivity (Wildman–Crippen MR) is 122 cm³/mol. The zero-order valence-corrected chi connectivity index (χ0v) is 18.6. The third-order valence-corrected chi connectivity index (χ3v) is 4.43. The molecule has 0 unspecified atom stereocenters. The molecule has 2 N–H and O–H groups in total. The Hall–Kier alpha value is -4.14. The molecule has 0 fully saturated rings. The van der Waals surface area contributed by atoms with E-state index in [0.717, 1.165) is 11.4 Å². The number of hydrogen-bond donors (Lipinski definition) is 2. The lowest BCUT2D eigenvalue weighted by Crippen LogP contribution is -2.36. The molecule has 3 rings (SSSR count). The lowest BCUT2D eigenvalue weighted by atomic mass is 10.2. The maximum Gasteiger partial charge on any atom is 0.257 e. The summed E-state index contributed by atoms with van der Waals surface area (Å²) in [6.07, 6.45) is 0. The van der Waals surface area contributed by atoms with E-state index in [-0.39, 0.29) is 17.8 Å². The summed E-state index contributed by atoms with van der Waals surface area (Å²) in [6, 6.07) is 13.8. The maximum atomic E-state index is 12.9. The first-order chi connectivity index (χ1) is 15.4. The van der Waals surface area contributed by atoms with Crippen molar-refractivity contribution in [2.75, 3.05) is 26.6 Å². The number of nitrogens with one attached hydrogen (secondary N) is 2. The van der Waals surface area contributed by atoms with Gasteiger partial charge >= 0.3 is 0 Å². The minimum atomic E-state index is -0.370. The van der Waals surface area contributed by atoms with Gasteiger partial charge in [0.1, 0.15) is 17.2 Å². The summed E-state index contributed by atoms with van der Waals surface area (Å²) >= 11 is 0. The Morgan fingerprint density at radius 3 is 2.06 bits per heavy atom. The highest BCUT2D eigenvalue weighted by atomic mass is 16.5. The van der Waals surface area contributed by atoms with Crippen LogP contribution in [0.4, 0.5) is 11.6 Å². The number of methoxy groups -OCH3 is 3. The Bertz CT molecular complexity index is 1110. The van der Waals surface area contributed by atoms with Crippen molar-refractivity contribution < 1.29 is 19.0 Å². The average Bonchev–Trinajstić information content (AvgIpc) is 2.78. The molecule has 32 heavy (non-hydrogen) atoms. The first kappa shape index (κ1) is 22.5. The molecule has 0 spiro atoms. The molecule has 0 bridgehead atoms. The molecule has 0 saturated carbocycles. The SMILES string of the molecule is COc1ccc(C(=O)NC(=Nc2nc(C)cc(C)n2)Nc2cc(OC)ccc2OC)cc1. The van der Waals surface area contributed by atoms with Crippen LogP contribution in [-0.2, 0) is 0 Å². The molecule has 2 aromatic carbocycles. The molecule has 0 saturated heterocycles. The number of hydrogen-bond acceptors (Lipinski definition) is 7. The van der Waals surface area contributed by atoms with Crippen molar-refractivity contribution in [3.8, 4) is 17.2 Å². The molecule has 0 aliphatic carbocycles. The van der Waals surface area contributed by atoms with Crippen LogP contribution in [0.5, 0.6) is 17.2 Å². The smallest absolute Gasteiger partial charge is 0.257 e. The average molecular weight is 435 g/mol. The van der Waals surface area contributed by atoms with Crippen LogP contribution in [0.3, 0.4) is 0 Å². The van der Waals surface area contributed by atoms with Crippen molar-refractivity contribution in [1.82, 2.24) is 15.3 Å². The first-order valence-electron chi connectivity index (χ1n) is 9.77. The van der Waals surface area contributed by atoms with E-state index in [9.17, 15) is 4.79 Å². The minimum absolute atomic E-state index is 0.127. The number of guanidine groups is 1. The number of aliphatic imine (C=N–C) groups is 1. The number of ether oxygens (including phenoxy) is 3. The molecular weight excluding hydrogens is 410 g/mol. The number of carbonyl (C=O) groups is 1. The molecular formula is C23H25N5O4. The van der Waals surface area contributed by atoms with Gasteiger partial charge in [-0.15, -0.1) is 0 Å². The van der Waals surface area contributed by atoms with Gasteiger partial charge in [0.2, 0.25) is 5.96 Å². The number of amides is 1. The monoisotopic (exact) mass is 435 g/mol. The second-order valence-corrected chi connectivity index (χ2v) is 6.78. The van der Waals surface area contributed by atoms with Gasteiger partial charge in [-0.25, -0.2) is 9.97 Å². The molecule has 1 amide bonds. The van der Waals surface area contributed by atoms with Crippen molar-refractivity contribution in [3.63, 3.8) is 0 Å². The van der Waals surface area contributed by atoms with E-state index in [1.165, 1.54) is 0 Å². The van der Waals surface area contributed by atoms with Crippen LogP contribution >= 0.6 is 0 Å². The van der Waals surface area contributed by atoms with Gasteiger partial charge < -0.3 is 19.5 Å². The van der Waals surface area contributed by atoms with Crippen LogP contribution in [0.25, 0.3) is 0 Å². The standard InChI is InChI=1S/C23H25N5O4/c1-14-12-15(2)25-22(24-14)28-23(26-19-13-18(31-4)10-11-20(19)32-5)27-21(29)16-6-8-17(30-3)9-7-16/h6-13H,1-5H3,(H2,24,25,26,27,28,29). The van der Waals surface area contributed by atoms with Gasteiger partial charge in [-0.05, 0) is 56.3 Å². The molecule has 9 heteroatoms. The highest BCUT2D eigenvalue weighted by Gasteiger charge is 2.14. The first-order valence-corrected chi connectivity index (χ1v) is 9.77. The topological polar surface area (TPSA) is 107 Å². The van der Waals surface area contributed by atoms with E-state index in [0.29, 0.717) is 28.5 Å². The number of rotatable bonds is 6. The number of anilines is 1. The van der Waals surface area contributed by atoms with Crippen molar-refractivity contribution in [2.45, 2.75) is 13.8 Å². The fourth-order valence-corrected chi connectivity index (χ4v) is 2.91. The Morgan fingerprint density at radius 1 is 0.844 bits per heavy atom. The summed E-state index contributed by atoms with van der Waals surface area (Å²) < 4.78 is 15.9. The molecule has 9 nitrogen and oxygen atoms in total. The van der Waals surface area contributed by atoms with Crippen molar-refractivity contribution >= 4 is 23.5 Å².